The molecule has 1 aromatic heterocycles. The Morgan fingerprint density at radius 3 is 2.48 bits per heavy atom. The number of amides is 2. The van der Waals surface area contributed by atoms with E-state index in [1.807, 2.05) is 62.4 Å². The molecule has 2 amide bonds. The van der Waals surface area contributed by atoms with Crippen LogP contribution in [0, 0.1) is 6.92 Å². The fourth-order valence-electron chi connectivity index (χ4n) is 2.82. The highest BCUT2D eigenvalue weighted by atomic mass is 16.2. The molecular formula is C22H23N3O2. The highest BCUT2D eigenvalue weighted by Crippen LogP contribution is 2.25. The van der Waals surface area contributed by atoms with Crippen LogP contribution in [0.5, 0.6) is 0 Å². The molecule has 0 bridgehead atoms. The number of benzene rings is 2. The van der Waals surface area contributed by atoms with Crippen molar-refractivity contribution >= 4 is 22.7 Å². The number of carbonyl (C=O) groups is 2. The zero-order valence-electron chi connectivity index (χ0n) is 15.6. The van der Waals surface area contributed by atoms with Gasteiger partial charge in [0.15, 0.2) is 0 Å². The second kappa shape index (κ2) is 8.45. The van der Waals surface area contributed by atoms with Crippen molar-refractivity contribution in [3.05, 3.63) is 65.7 Å². The van der Waals surface area contributed by atoms with Gasteiger partial charge in [-0.25, -0.2) is 4.98 Å². The van der Waals surface area contributed by atoms with Gasteiger partial charge in [0.05, 0.1) is 23.3 Å². The number of para-hydroxylation sites is 1. The summed E-state index contributed by atoms with van der Waals surface area (Å²) in [4.78, 5) is 29.2. The SMILES string of the molecule is CCCNC(=O)CNC(=O)c1cc(-c2ccc(C)cc2)nc2ccccc12. The Bertz CT molecular complexity index is 965. The predicted octanol–water partition coefficient (Wildman–Crippen LogP) is 3.47. The number of carbonyl (C=O) groups excluding carboxylic acids is 2. The maximum atomic E-state index is 12.8. The molecule has 0 fully saturated rings. The summed E-state index contributed by atoms with van der Waals surface area (Å²) in [7, 11) is 0. The molecule has 0 unspecified atom stereocenters. The van der Waals surface area contributed by atoms with Gasteiger partial charge in [-0.05, 0) is 25.5 Å². The third-order valence-corrected chi connectivity index (χ3v) is 4.29. The molecule has 1 heterocycles. The first-order chi connectivity index (χ1) is 13.1. The summed E-state index contributed by atoms with van der Waals surface area (Å²) in [6, 6.07) is 17.3. The molecule has 3 rings (SSSR count). The molecule has 0 spiro atoms. The quantitative estimate of drug-likeness (QED) is 0.706. The molecule has 5 heteroatoms. The standard InChI is InChI=1S/C22H23N3O2/c1-3-12-23-21(26)14-24-22(27)18-13-20(16-10-8-15(2)9-11-16)25-19-7-5-4-6-17(18)19/h4-11,13H,3,12,14H2,1-2H3,(H,23,26)(H,24,27). The van der Waals surface area contributed by atoms with Gasteiger partial charge in [-0.2, -0.15) is 0 Å². The second-order valence-electron chi connectivity index (χ2n) is 6.47. The van der Waals surface area contributed by atoms with E-state index < -0.39 is 0 Å². The third-order valence-electron chi connectivity index (χ3n) is 4.29. The summed E-state index contributed by atoms with van der Waals surface area (Å²) >= 11 is 0. The van der Waals surface area contributed by atoms with Crippen LogP contribution in [0.2, 0.25) is 0 Å². The monoisotopic (exact) mass is 361 g/mol. The number of hydrogen-bond donors (Lipinski definition) is 2. The number of nitrogens with zero attached hydrogens (tertiary/aromatic N) is 1. The Balaban J connectivity index is 1.92. The van der Waals surface area contributed by atoms with E-state index in [1.54, 1.807) is 6.07 Å². The second-order valence-corrected chi connectivity index (χ2v) is 6.47. The van der Waals surface area contributed by atoms with Gasteiger partial charge in [-0.3, -0.25) is 9.59 Å². The van der Waals surface area contributed by atoms with E-state index in [-0.39, 0.29) is 18.4 Å². The van der Waals surface area contributed by atoms with E-state index in [0.29, 0.717) is 12.1 Å². The molecule has 0 saturated heterocycles. The van der Waals surface area contributed by atoms with E-state index in [1.165, 1.54) is 0 Å². The lowest BCUT2D eigenvalue weighted by molar-refractivity contribution is -0.120. The number of fused-ring (bicyclic) bond motifs is 1. The predicted molar refractivity (Wildman–Crippen MR) is 108 cm³/mol. The molecule has 0 aliphatic heterocycles. The maximum absolute atomic E-state index is 12.8. The summed E-state index contributed by atoms with van der Waals surface area (Å²) in [5, 5.41) is 6.23. The molecule has 3 aromatic rings. The molecule has 0 atom stereocenters. The van der Waals surface area contributed by atoms with E-state index in [4.69, 9.17) is 4.98 Å². The number of aromatic nitrogens is 1. The van der Waals surface area contributed by atoms with Crippen LogP contribution in [-0.2, 0) is 4.79 Å². The lowest BCUT2D eigenvalue weighted by Gasteiger charge is -2.11. The van der Waals surface area contributed by atoms with Gasteiger partial charge < -0.3 is 10.6 Å². The Morgan fingerprint density at radius 1 is 1.00 bits per heavy atom. The van der Waals surface area contributed by atoms with Crippen LogP contribution in [0.3, 0.4) is 0 Å². The maximum Gasteiger partial charge on any atom is 0.252 e. The van der Waals surface area contributed by atoms with Crippen LogP contribution < -0.4 is 10.6 Å². The molecule has 0 saturated carbocycles. The average Bonchev–Trinajstić information content (AvgIpc) is 2.70. The van der Waals surface area contributed by atoms with Crippen molar-refractivity contribution in [2.45, 2.75) is 20.3 Å². The number of pyridine rings is 1. The average molecular weight is 361 g/mol. The first-order valence-electron chi connectivity index (χ1n) is 9.10. The van der Waals surface area contributed by atoms with E-state index >= 15 is 0 Å². The van der Waals surface area contributed by atoms with Gasteiger partial charge in [0.25, 0.3) is 5.91 Å². The highest BCUT2D eigenvalue weighted by Gasteiger charge is 2.14. The highest BCUT2D eigenvalue weighted by molar-refractivity contribution is 6.08. The Hall–Kier alpha value is -3.21. The van der Waals surface area contributed by atoms with E-state index in [2.05, 4.69) is 10.6 Å². The van der Waals surface area contributed by atoms with Crippen LogP contribution in [0.4, 0.5) is 0 Å². The summed E-state index contributed by atoms with van der Waals surface area (Å²) in [5.41, 5.74) is 4.10. The fourth-order valence-corrected chi connectivity index (χ4v) is 2.82. The minimum atomic E-state index is -0.284. The van der Waals surface area contributed by atoms with Crippen molar-refractivity contribution in [1.29, 1.82) is 0 Å². The summed E-state index contributed by atoms with van der Waals surface area (Å²) in [6.07, 6.45) is 0.856. The molecule has 138 valence electrons. The molecule has 2 aromatic carbocycles. The molecule has 5 nitrogen and oxygen atoms in total. The minimum Gasteiger partial charge on any atom is -0.355 e. The first-order valence-corrected chi connectivity index (χ1v) is 9.10. The van der Waals surface area contributed by atoms with Crippen LogP contribution >= 0.6 is 0 Å². The van der Waals surface area contributed by atoms with Gasteiger partial charge in [-0.15, -0.1) is 0 Å². The van der Waals surface area contributed by atoms with Crippen molar-refractivity contribution in [3.8, 4) is 11.3 Å². The van der Waals surface area contributed by atoms with Crippen LogP contribution in [0.25, 0.3) is 22.2 Å². The summed E-state index contributed by atoms with van der Waals surface area (Å²) < 4.78 is 0. The Kier molecular flexibility index (Phi) is 5.81. The van der Waals surface area contributed by atoms with Gasteiger partial charge in [0.1, 0.15) is 0 Å². The minimum absolute atomic E-state index is 0.0463. The molecule has 2 N–H and O–H groups in total. The fraction of sp³-hybridized carbons (Fsp3) is 0.227. The molecular weight excluding hydrogens is 338 g/mol. The number of aryl methyl sites for hydroxylation is 1. The van der Waals surface area contributed by atoms with Gasteiger partial charge in [-0.1, -0.05) is 55.0 Å². The lowest BCUT2D eigenvalue weighted by Crippen LogP contribution is -2.37. The molecule has 0 radical (unpaired) electrons. The largest absolute Gasteiger partial charge is 0.355 e. The van der Waals surface area contributed by atoms with Crippen LogP contribution in [0.15, 0.2) is 54.6 Å². The Labute approximate surface area is 158 Å². The van der Waals surface area contributed by atoms with Crippen molar-refractivity contribution in [3.63, 3.8) is 0 Å². The zero-order valence-corrected chi connectivity index (χ0v) is 15.6. The summed E-state index contributed by atoms with van der Waals surface area (Å²) in [6.45, 7) is 4.56. The topological polar surface area (TPSA) is 71.1 Å². The molecule has 27 heavy (non-hydrogen) atoms. The van der Waals surface area contributed by atoms with Crippen molar-refractivity contribution in [2.24, 2.45) is 0 Å². The summed E-state index contributed by atoms with van der Waals surface area (Å²) in [5.74, 6) is -0.476. The first kappa shape index (κ1) is 18.6. The number of hydrogen-bond acceptors (Lipinski definition) is 3. The number of rotatable bonds is 6. The van der Waals surface area contributed by atoms with Crippen molar-refractivity contribution in [1.82, 2.24) is 15.6 Å². The van der Waals surface area contributed by atoms with Gasteiger partial charge in [0, 0.05) is 17.5 Å². The lowest BCUT2D eigenvalue weighted by atomic mass is 10.0. The third kappa shape index (κ3) is 4.50. The van der Waals surface area contributed by atoms with E-state index in [0.717, 1.165) is 34.1 Å². The van der Waals surface area contributed by atoms with Crippen molar-refractivity contribution < 1.29 is 9.59 Å². The van der Waals surface area contributed by atoms with Gasteiger partial charge in [0.2, 0.25) is 5.91 Å². The van der Waals surface area contributed by atoms with Gasteiger partial charge >= 0.3 is 0 Å². The Morgan fingerprint density at radius 2 is 1.74 bits per heavy atom. The normalized spacial score (nSPS) is 10.6. The van der Waals surface area contributed by atoms with E-state index in [9.17, 15) is 9.59 Å². The molecule has 0 aliphatic carbocycles. The number of nitrogens with one attached hydrogen (secondary N) is 2. The molecule has 0 aliphatic rings. The van der Waals surface area contributed by atoms with Crippen LogP contribution in [0.1, 0.15) is 29.3 Å². The smallest absolute Gasteiger partial charge is 0.252 e. The zero-order chi connectivity index (χ0) is 19.2. The van der Waals surface area contributed by atoms with Crippen LogP contribution in [-0.4, -0.2) is 29.9 Å². The van der Waals surface area contributed by atoms with Crippen molar-refractivity contribution in [2.75, 3.05) is 13.1 Å².